The highest BCUT2D eigenvalue weighted by Crippen LogP contribution is 2.20. The van der Waals surface area contributed by atoms with Crippen LogP contribution in [0.15, 0.2) is 48.5 Å². The molecular formula is C19H23NO2. The molecule has 2 aromatic rings. The van der Waals surface area contributed by atoms with Crippen LogP contribution in [0.5, 0.6) is 0 Å². The van der Waals surface area contributed by atoms with Gasteiger partial charge in [-0.3, -0.25) is 0 Å². The molecule has 0 amide bonds. The molecule has 0 bridgehead atoms. The minimum Gasteiger partial charge on any atom is -0.478 e. The van der Waals surface area contributed by atoms with Crippen LogP contribution in [0.3, 0.4) is 0 Å². The Morgan fingerprint density at radius 2 is 1.77 bits per heavy atom. The van der Waals surface area contributed by atoms with Crippen LogP contribution in [-0.4, -0.2) is 11.1 Å². The number of carboxylic acid groups (broad SMARTS) is 1. The van der Waals surface area contributed by atoms with E-state index in [0.29, 0.717) is 17.2 Å². The highest BCUT2D eigenvalue weighted by atomic mass is 16.4. The first-order valence-corrected chi connectivity index (χ1v) is 7.72. The lowest BCUT2D eigenvalue weighted by Gasteiger charge is -2.13. The summed E-state index contributed by atoms with van der Waals surface area (Å²) in [4.78, 5) is 11.2. The van der Waals surface area contributed by atoms with Gasteiger partial charge in [0.25, 0.3) is 0 Å². The van der Waals surface area contributed by atoms with E-state index < -0.39 is 5.97 Å². The van der Waals surface area contributed by atoms with Crippen molar-refractivity contribution in [2.45, 2.75) is 32.6 Å². The average Bonchev–Trinajstić information content (AvgIpc) is 2.51. The third-order valence-electron chi connectivity index (χ3n) is 4.03. The fourth-order valence-electron chi connectivity index (χ4n) is 2.63. The molecule has 0 aliphatic rings. The Bertz CT molecular complexity index is 623. The maximum absolute atomic E-state index is 11.2. The first kappa shape index (κ1) is 16.1. The summed E-state index contributed by atoms with van der Waals surface area (Å²) < 4.78 is 0. The molecule has 2 rings (SSSR count). The summed E-state index contributed by atoms with van der Waals surface area (Å²) in [6.45, 7) is 2.22. The van der Waals surface area contributed by atoms with Crippen LogP contribution < -0.4 is 5.73 Å². The summed E-state index contributed by atoms with van der Waals surface area (Å²) in [5, 5.41) is 9.23. The summed E-state index contributed by atoms with van der Waals surface area (Å²) in [5.41, 5.74) is 8.95. The molecule has 2 aromatic carbocycles. The maximum atomic E-state index is 11.2. The molecule has 0 saturated heterocycles. The van der Waals surface area contributed by atoms with Gasteiger partial charge in [0, 0.05) is 5.69 Å². The van der Waals surface area contributed by atoms with E-state index in [0.717, 1.165) is 31.2 Å². The molecule has 0 aliphatic carbocycles. The van der Waals surface area contributed by atoms with Gasteiger partial charge in [-0.25, -0.2) is 4.79 Å². The highest BCUT2D eigenvalue weighted by molar-refractivity contribution is 5.89. The van der Waals surface area contributed by atoms with Crippen LogP contribution in [0.1, 0.15) is 41.3 Å². The first-order valence-electron chi connectivity index (χ1n) is 7.72. The Morgan fingerprint density at radius 1 is 1.09 bits per heavy atom. The van der Waals surface area contributed by atoms with Crippen molar-refractivity contribution >= 4 is 11.7 Å². The van der Waals surface area contributed by atoms with E-state index >= 15 is 0 Å². The first-order chi connectivity index (χ1) is 10.6. The summed E-state index contributed by atoms with van der Waals surface area (Å²) in [7, 11) is 0. The van der Waals surface area contributed by atoms with Crippen molar-refractivity contribution < 1.29 is 9.90 Å². The van der Waals surface area contributed by atoms with Gasteiger partial charge in [-0.15, -0.1) is 0 Å². The third-order valence-corrected chi connectivity index (χ3v) is 4.03. The van der Waals surface area contributed by atoms with Crippen LogP contribution in [-0.2, 0) is 12.8 Å². The number of rotatable bonds is 7. The Hall–Kier alpha value is -2.29. The molecule has 1 atom stereocenters. The number of carboxylic acids is 1. The topological polar surface area (TPSA) is 63.3 Å². The van der Waals surface area contributed by atoms with Gasteiger partial charge in [-0.2, -0.15) is 0 Å². The van der Waals surface area contributed by atoms with E-state index in [9.17, 15) is 9.90 Å². The predicted octanol–water partition coefficient (Wildman–Crippen LogP) is 4.17. The van der Waals surface area contributed by atoms with Gasteiger partial charge in [-0.1, -0.05) is 37.3 Å². The van der Waals surface area contributed by atoms with Crippen molar-refractivity contribution in [3.63, 3.8) is 0 Å². The SMILES string of the molecule is CC(CCc1ccccc1)CCc1cc(N)ccc1C(=O)O. The second-order valence-electron chi connectivity index (χ2n) is 5.89. The fraction of sp³-hybridized carbons (Fsp3) is 0.316. The molecule has 0 spiro atoms. The number of nitrogen functional groups attached to an aromatic ring is 1. The smallest absolute Gasteiger partial charge is 0.335 e. The van der Waals surface area contributed by atoms with Gasteiger partial charge in [0.15, 0.2) is 0 Å². The molecule has 0 radical (unpaired) electrons. The summed E-state index contributed by atoms with van der Waals surface area (Å²) in [5.74, 6) is -0.338. The number of hydrogen-bond donors (Lipinski definition) is 2. The lowest BCUT2D eigenvalue weighted by Crippen LogP contribution is -2.06. The number of nitrogens with two attached hydrogens (primary N) is 1. The fourth-order valence-corrected chi connectivity index (χ4v) is 2.63. The van der Waals surface area contributed by atoms with E-state index in [1.807, 2.05) is 6.07 Å². The normalized spacial score (nSPS) is 12.0. The number of aromatic carboxylic acids is 1. The molecule has 0 fully saturated rings. The van der Waals surface area contributed by atoms with E-state index in [1.54, 1.807) is 18.2 Å². The molecule has 0 aromatic heterocycles. The minimum atomic E-state index is -0.882. The second kappa shape index (κ2) is 7.64. The molecule has 1 unspecified atom stereocenters. The Kier molecular flexibility index (Phi) is 5.59. The van der Waals surface area contributed by atoms with Gasteiger partial charge in [0.1, 0.15) is 0 Å². The summed E-state index contributed by atoms with van der Waals surface area (Å²) in [6, 6.07) is 15.5. The largest absolute Gasteiger partial charge is 0.478 e. The maximum Gasteiger partial charge on any atom is 0.335 e. The zero-order chi connectivity index (χ0) is 15.9. The van der Waals surface area contributed by atoms with Gasteiger partial charge in [-0.05, 0) is 60.9 Å². The number of carbonyl (C=O) groups is 1. The Morgan fingerprint density at radius 3 is 2.45 bits per heavy atom. The number of anilines is 1. The van der Waals surface area contributed by atoms with Crippen LogP contribution in [0.25, 0.3) is 0 Å². The standard InChI is InChI=1S/C19H23NO2/c1-14(7-9-15-5-3-2-4-6-15)8-10-16-13-17(20)11-12-18(16)19(21)22/h2-6,11-14H,7-10,20H2,1H3,(H,21,22). The van der Waals surface area contributed by atoms with Crippen molar-refractivity contribution in [3.8, 4) is 0 Å². The van der Waals surface area contributed by atoms with Crippen LogP contribution >= 0.6 is 0 Å². The van der Waals surface area contributed by atoms with Gasteiger partial charge in [0.05, 0.1) is 5.56 Å². The van der Waals surface area contributed by atoms with Crippen molar-refractivity contribution in [3.05, 3.63) is 65.2 Å². The van der Waals surface area contributed by atoms with Gasteiger partial charge in [0.2, 0.25) is 0 Å². The minimum absolute atomic E-state index is 0.365. The van der Waals surface area contributed by atoms with Crippen LogP contribution in [0.4, 0.5) is 5.69 Å². The zero-order valence-corrected chi connectivity index (χ0v) is 13.0. The average molecular weight is 297 g/mol. The molecule has 0 aliphatic heterocycles. The van der Waals surface area contributed by atoms with E-state index in [-0.39, 0.29) is 0 Å². The zero-order valence-electron chi connectivity index (χ0n) is 13.0. The van der Waals surface area contributed by atoms with Crippen molar-refractivity contribution in [2.75, 3.05) is 5.73 Å². The molecule has 116 valence electrons. The second-order valence-corrected chi connectivity index (χ2v) is 5.89. The molecule has 0 heterocycles. The van der Waals surface area contributed by atoms with E-state index in [1.165, 1.54) is 5.56 Å². The summed E-state index contributed by atoms with van der Waals surface area (Å²) in [6.07, 6.45) is 3.89. The van der Waals surface area contributed by atoms with Crippen molar-refractivity contribution in [1.82, 2.24) is 0 Å². The number of benzene rings is 2. The lowest BCUT2D eigenvalue weighted by molar-refractivity contribution is 0.0695. The van der Waals surface area contributed by atoms with Crippen LogP contribution in [0.2, 0.25) is 0 Å². The highest BCUT2D eigenvalue weighted by Gasteiger charge is 2.11. The summed E-state index contributed by atoms with van der Waals surface area (Å²) >= 11 is 0. The number of aryl methyl sites for hydroxylation is 2. The molecular weight excluding hydrogens is 274 g/mol. The van der Waals surface area contributed by atoms with Gasteiger partial charge >= 0.3 is 5.97 Å². The lowest BCUT2D eigenvalue weighted by atomic mass is 9.93. The third kappa shape index (κ3) is 4.62. The monoisotopic (exact) mass is 297 g/mol. The Balaban J connectivity index is 1.89. The van der Waals surface area contributed by atoms with E-state index in [4.69, 9.17) is 5.73 Å². The molecule has 3 nitrogen and oxygen atoms in total. The van der Waals surface area contributed by atoms with Crippen molar-refractivity contribution in [2.24, 2.45) is 5.92 Å². The molecule has 3 N–H and O–H groups in total. The Labute approximate surface area is 131 Å². The number of hydrogen-bond acceptors (Lipinski definition) is 2. The van der Waals surface area contributed by atoms with Crippen molar-refractivity contribution in [1.29, 1.82) is 0 Å². The quantitative estimate of drug-likeness (QED) is 0.754. The predicted molar refractivity (Wildman–Crippen MR) is 90.1 cm³/mol. The van der Waals surface area contributed by atoms with E-state index in [2.05, 4.69) is 31.2 Å². The van der Waals surface area contributed by atoms with Gasteiger partial charge < -0.3 is 10.8 Å². The molecule has 0 saturated carbocycles. The molecule has 22 heavy (non-hydrogen) atoms. The van der Waals surface area contributed by atoms with Crippen LogP contribution in [0, 0.1) is 5.92 Å². The molecule has 3 heteroatoms.